The lowest BCUT2D eigenvalue weighted by atomic mass is 9.99. The summed E-state index contributed by atoms with van der Waals surface area (Å²) < 4.78 is 5.09. The summed E-state index contributed by atoms with van der Waals surface area (Å²) in [5.41, 5.74) is 4.99. The van der Waals surface area contributed by atoms with Gasteiger partial charge in [0.1, 0.15) is 0 Å². The van der Waals surface area contributed by atoms with E-state index in [2.05, 4.69) is 50.4 Å². The quantitative estimate of drug-likeness (QED) is 0.789. The molecule has 0 aliphatic carbocycles. The van der Waals surface area contributed by atoms with Crippen LogP contribution in [0.25, 0.3) is 10.9 Å². The summed E-state index contributed by atoms with van der Waals surface area (Å²) in [6.07, 6.45) is 1.02. The van der Waals surface area contributed by atoms with Gasteiger partial charge < -0.3 is 10.1 Å². The molecule has 2 rings (SSSR count). The normalized spacial score (nSPS) is 11.5. The topological polar surface area (TPSA) is 34.1 Å². The Morgan fingerprint density at radius 1 is 1.24 bits per heavy atom. The molecule has 0 aliphatic rings. The van der Waals surface area contributed by atoms with E-state index in [1.165, 1.54) is 22.2 Å². The van der Waals surface area contributed by atoms with Crippen molar-refractivity contribution in [1.82, 2.24) is 10.3 Å². The van der Waals surface area contributed by atoms with Crippen LogP contribution in [0.3, 0.4) is 0 Å². The van der Waals surface area contributed by atoms with Gasteiger partial charge in [-0.25, -0.2) is 0 Å². The van der Waals surface area contributed by atoms with Crippen molar-refractivity contribution in [1.29, 1.82) is 0 Å². The lowest BCUT2D eigenvalue weighted by Crippen LogP contribution is -2.19. The van der Waals surface area contributed by atoms with Gasteiger partial charge in [0.15, 0.2) is 0 Å². The number of benzene rings is 1. The molecule has 0 spiro atoms. The molecule has 0 aliphatic heterocycles. The van der Waals surface area contributed by atoms with E-state index in [0.717, 1.165) is 31.6 Å². The first-order valence-corrected chi connectivity index (χ1v) is 7.78. The van der Waals surface area contributed by atoms with E-state index in [4.69, 9.17) is 9.72 Å². The minimum Gasteiger partial charge on any atom is -0.383 e. The first kappa shape index (κ1) is 15.9. The summed E-state index contributed by atoms with van der Waals surface area (Å²) in [5.74, 6) is 0.442. The highest BCUT2D eigenvalue weighted by molar-refractivity contribution is 5.85. The van der Waals surface area contributed by atoms with E-state index < -0.39 is 0 Å². The number of hydrogen-bond donors (Lipinski definition) is 1. The molecule has 2 aromatic rings. The number of nitrogens with one attached hydrogen (secondary N) is 1. The fourth-order valence-electron chi connectivity index (χ4n) is 2.52. The van der Waals surface area contributed by atoms with Crippen LogP contribution in [0.1, 0.15) is 43.5 Å². The van der Waals surface area contributed by atoms with Crippen LogP contribution in [0.5, 0.6) is 0 Å². The molecule has 0 saturated carbocycles. The Morgan fingerprint density at radius 3 is 2.71 bits per heavy atom. The zero-order valence-corrected chi connectivity index (χ0v) is 13.6. The average Bonchev–Trinajstić information content (AvgIpc) is 2.50. The Labute approximate surface area is 127 Å². The second kappa shape index (κ2) is 7.53. The first-order chi connectivity index (χ1) is 10.2. The third kappa shape index (κ3) is 3.80. The van der Waals surface area contributed by atoms with E-state index in [0.29, 0.717) is 5.92 Å². The molecular weight excluding hydrogens is 260 g/mol. The van der Waals surface area contributed by atoms with Gasteiger partial charge in [0.2, 0.25) is 0 Å². The van der Waals surface area contributed by atoms with E-state index >= 15 is 0 Å². The summed E-state index contributed by atoms with van der Waals surface area (Å²) >= 11 is 0. The molecule has 0 amide bonds. The van der Waals surface area contributed by atoms with E-state index in [1.807, 2.05) is 0 Å². The molecule has 0 unspecified atom stereocenters. The molecule has 0 radical (unpaired) electrons. The fourth-order valence-corrected chi connectivity index (χ4v) is 2.52. The maximum Gasteiger partial charge on any atom is 0.0740 e. The van der Waals surface area contributed by atoms with Gasteiger partial charge >= 0.3 is 0 Å². The molecular formula is C18H26N2O. The van der Waals surface area contributed by atoms with Gasteiger partial charge in [-0.1, -0.05) is 39.0 Å². The summed E-state index contributed by atoms with van der Waals surface area (Å²) in [6.45, 7) is 9.05. The van der Waals surface area contributed by atoms with Crippen LogP contribution in [-0.4, -0.2) is 25.2 Å². The number of hydrogen-bond acceptors (Lipinski definition) is 3. The molecule has 21 heavy (non-hydrogen) atoms. The molecule has 0 bridgehead atoms. The van der Waals surface area contributed by atoms with Crippen molar-refractivity contribution in [2.45, 2.75) is 39.7 Å². The van der Waals surface area contributed by atoms with Crippen molar-refractivity contribution >= 4 is 10.9 Å². The Hall–Kier alpha value is -1.45. The van der Waals surface area contributed by atoms with Crippen LogP contribution in [-0.2, 0) is 17.7 Å². The molecule has 0 fully saturated rings. The Balaban J connectivity index is 2.41. The number of methoxy groups -OCH3 is 1. The Kier molecular flexibility index (Phi) is 5.71. The van der Waals surface area contributed by atoms with Crippen LogP contribution in [0, 0.1) is 0 Å². The second-order valence-corrected chi connectivity index (χ2v) is 5.70. The van der Waals surface area contributed by atoms with Gasteiger partial charge in [-0.05, 0) is 29.5 Å². The lowest BCUT2D eigenvalue weighted by Gasteiger charge is -2.14. The predicted octanol–water partition coefficient (Wildman–Crippen LogP) is 3.66. The standard InChI is InChI=1S/C18H26N2O/c1-5-14-7-6-8-16-15(12-19-9-10-21-4)11-17(13(2)3)20-18(14)16/h6-8,11,13,19H,5,9-10,12H2,1-4H3. The van der Waals surface area contributed by atoms with E-state index in [-0.39, 0.29) is 0 Å². The number of fused-ring (bicyclic) bond motifs is 1. The van der Waals surface area contributed by atoms with Crippen molar-refractivity contribution in [2.75, 3.05) is 20.3 Å². The summed E-state index contributed by atoms with van der Waals surface area (Å²) in [4.78, 5) is 4.90. The van der Waals surface area contributed by atoms with Crippen molar-refractivity contribution in [2.24, 2.45) is 0 Å². The zero-order valence-electron chi connectivity index (χ0n) is 13.6. The lowest BCUT2D eigenvalue weighted by molar-refractivity contribution is 0.199. The van der Waals surface area contributed by atoms with Crippen LogP contribution < -0.4 is 5.32 Å². The van der Waals surface area contributed by atoms with Gasteiger partial charge in [-0.3, -0.25) is 4.98 Å². The van der Waals surface area contributed by atoms with E-state index in [1.54, 1.807) is 7.11 Å². The van der Waals surface area contributed by atoms with Crippen molar-refractivity contribution in [3.05, 3.63) is 41.1 Å². The maximum atomic E-state index is 5.09. The van der Waals surface area contributed by atoms with Crippen LogP contribution in [0.2, 0.25) is 0 Å². The van der Waals surface area contributed by atoms with Crippen molar-refractivity contribution in [3.8, 4) is 0 Å². The molecule has 1 aromatic heterocycles. The highest BCUT2D eigenvalue weighted by atomic mass is 16.5. The molecule has 1 N–H and O–H groups in total. The monoisotopic (exact) mass is 286 g/mol. The number of aromatic nitrogens is 1. The summed E-state index contributed by atoms with van der Waals surface area (Å²) in [7, 11) is 1.73. The summed E-state index contributed by atoms with van der Waals surface area (Å²) in [5, 5.41) is 4.71. The van der Waals surface area contributed by atoms with Crippen LogP contribution in [0.15, 0.2) is 24.3 Å². The average molecular weight is 286 g/mol. The number of pyridine rings is 1. The fraction of sp³-hybridized carbons (Fsp3) is 0.500. The van der Waals surface area contributed by atoms with Gasteiger partial charge in [0, 0.05) is 31.3 Å². The molecule has 1 aromatic carbocycles. The van der Waals surface area contributed by atoms with Gasteiger partial charge in [0.05, 0.1) is 12.1 Å². The summed E-state index contributed by atoms with van der Waals surface area (Å²) in [6, 6.07) is 8.74. The minimum absolute atomic E-state index is 0.442. The Morgan fingerprint density at radius 2 is 2.05 bits per heavy atom. The Bertz CT molecular complexity index is 593. The first-order valence-electron chi connectivity index (χ1n) is 7.78. The van der Waals surface area contributed by atoms with E-state index in [9.17, 15) is 0 Å². The van der Waals surface area contributed by atoms with Crippen molar-refractivity contribution < 1.29 is 4.74 Å². The van der Waals surface area contributed by atoms with Crippen LogP contribution >= 0.6 is 0 Å². The van der Waals surface area contributed by atoms with Gasteiger partial charge in [0.25, 0.3) is 0 Å². The number of rotatable bonds is 7. The van der Waals surface area contributed by atoms with Crippen LogP contribution in [0.4, 0.5) is 0 Å². The zero-order chi connectivity index (χ0) is 15.2. The van der Waals surface area contributed by atoms with Crippen molar-refractivity contribution in [3.63, 3.8) is 0 Å². The largest absolute Gasteiger partial charge is 0.383 e. The smallest absolute Gasteiger partial charge is 0.0740 e. The van der Waals surface area contributed by atoms with Gasteiger partial charge in [-0.15, -0.1) is 0 Å². The number of aryl methyl sites for hydroxylation is 1. The highest BCUT2D eigenvalue weighted by Gasteiger charge is 2.10. The molecule has 3 nitrogen and oxygen atoms in total. The molecule has 0 saturated heterocycles. The molecule has 3 heteroatoms. The molecule has 1 heterocycles. The molecule has 114 valence electrons. The maximum absolute atomic E-state index is 5.09. The van der Waals surface area contributed by atoms with Gasteiger partial charge in [-0.2, -0.15) is 0 Å². The number of ether oxygens (including phenoxy) is 1. The number of para-hydroxylation sites is 1. The SMILES string of the molecule is CCc1cccc2c(CNCCOC)cc(C(C)C)nc12. The number of nitrogens with zero attached hydrogens (tertiary/aromatic N) is 1. The third-order valence-corrected chi connectivity index (χ3v) is 3.80. The third-order valence-electron chi connectivity index (χ3n) is 3.80. The predicted molar refractivity (Wildman–Crippen MR) is 88.8 cm³/mol. The molecule has 0 atom stereocenters. The highest BCUT2D eigenvalue weighted by Crippen LogP contribution is 2.25. The second-order valence-electron chi connectivity index (χ2n) is 5.70. The minimum atomic E-state index is 0.442.